The number of benzene rings is 2. The monoisotopic (exact) mass is 434 g/mol. The van der Waals surface area contributed by atoms with Crippen LogP contribution in [-0.2, 0) is 6.42 Å². The van der Waals surface area contributed by atoms with Gasteiger partial charge in [0.25, 0.3) is 5.91 Å². The van der Waals surface area contributed by atoms with Crippen molar-refractivity contribution in [3.8, 4) is 17.1 Å². The highest BCUT2D eigenvalue weighted by Gasteiger charge is 2.47. The van der Waals surface area contributed by atoms with Gasteiger partial charge in [0.15, 0.2) is 0 Å². The Labute approximate surface area is 187 Å². The lowest BCUT2D eigenvalue weighted by molar-refractivity contribution is -0.0251. The van der Waals surface area contributed by atoms with Gasteiger partial charge in [-0.3, -0.25) is 4.79 Å². The third-order valence-corrected chi connectivity index (χ3v) is 7.18. The summed E-state index contributed by atoms with van der Waals surface area (Å²) in [5.74, 6) is 0.499. The summed E-state index contributed by atoms with van der Waals surface area (Å²) in [5, 5.41) is 23.8. The average Bonchev–Trinajstić information content (AvgIpc) is 3.37. The molecule has 2 aromatic carbocycles. The standard InChI is InChI=1S/C26H30N2O4/c1-27-25(31)23-22-19(8-5-12-28-13-11-26(16-28)14-18(29)15-26)20(30)9-10-21(22)32-24(23)17-6-3-2-4-7-17/h2-4,6-7,9-10,18,29-30H,5,8,11-16H2,1H3,(H,27,31). The molecule has 1 aliphatic heterocycles. The predicted molar refractivity (Wildman–Crippen MR) is 124 cm³/mol. The number of hydrogen-bond donors (Lipinski definition) is 3. The molecule has 1 spiro atoms. The number of carbonyl (C=O) groups excluding carboxylic acids is 1. The number of aryl methyl sites for hydroxylation is 1. The number of nitrogens with one attached hydrogen (secondary N) is 1. The minimum atomic E-state index is -0.223. The molecule has 1 aromatic heterocycles. The summed E-state index contributed by atoms with van der Waals surface area (Å²) >= 11 is 0. The molecule has 6 heteroatoms. The number of carbonyl (C=O) groups is 1. The van der Waals surface area contributed by atoms with E-state index in [1.165, 1.54) is 0 Å². The summed E-state index contributed by atoms with van der Waals surface area (Å²) < 4.78 is 6.14. The molecular formula is C26H30N2O4. The van der Waals surface area contributed by atoms with Gasteiger partial charge >= 0.3 is 0 Å². The van der Waals surface area contributed by atoms with Gasteiger partial charge < -0.3 is 24.8 Å². The fraction of sp³-hybridized carbons (Fsp3) is 0.423. The van der Waals surface area contributed by atoms with Crippen molar-refractivity contribution in [2.24, 2.45) is 5.41 Å². The first-order chi connectivity index (χ1) is 15.5. The first-order valence-corrected chi connectivity index (χ1v) is 11.4. The Bertz CT molecular complexity index is 1130. The minimum Gasteiger partial charge on any atom is -0.508 e. The number of aliphatic hydroxyl groups excluding tert-OH is 1. The number of furan rings is 1. The van der Waals surface area contributed by atoms with E-state index >= 15 is 0 Å². The Balaban J connectivity index is 1.42. The van der Waals surface area contributed by atoms with Crippen molar-refractivity contribution in [3.63, 3.8) is 0 Å². The molecule has 0 atom stereocenters. The molecule has 1 amide bonds. The molecule has 2 fully saturated rings. The largest absolute Gasteiger partial charge is 0.508 e. The highest BCUT2D eigenvalue weighted by molar-refractivity contribution is 6.12. The second kappa shape index (κ2) is 8.26. The highest BCUT2D eigenvalue weighted by Crippen LogP contribution is 2.48. The topological polar surface area (TPSA) is 85.9 Å². The average molecular weight is 435 g/mol. The SMILES string of the molecule is CNC(=O)c1c(-c2ccccc2)oc2ccc(O)c(CCCN3CCC4(CC(O)C4)C3)c12. The van der Waals surface area contributed by atoms with Gasteiger partial charge in [0.1, 0.15) is 17.1 Å². The number of amides is 1. The van der Waals surface area contributed by atoms with Gasteiger partial charge in [-0.2, -0.15) is 0 Å². The molecule has 1 aliphatic carbocycles. The Morgan fingerprint density at radius 3 is 2.72 bits per heavy atom. The van der Waals surface area contributed by atoms with E-state index in [4.69, 9.17) is 4.42 Å². The van der Waals surface area contributed by atoms with E-state index in [-0.39, 0.29) is 17.8 Å². The first-order valence-electron chi connectivity index (χ1n) is 11.4. The number of rotatable bonds is 6. The molecule has 168 valence electrons. The van der Waals surface area contributed by atoms with Crippen molar-refractivity contribution in [2.75, 3.05) is 26.7 Å². The van der Waals surface area contributed by atoms with E-state index in [9.17, 15) is 15.0 Å². The number of aliphatic hydroxyl groups is 1. The molecule has 6 nitrogen and oxygen atoms in total. The van der Waals surface area contributed by atoms with Crippen LogP contribution < -0.4 is 5.32 Å². The zero-order valence-electron chi connectivity index (χ0n) is 18.4. The van der Waals surface area contributed by atoms with E-state index in [0.717, 1.165) is 56.4 Å². The smallest absolute Gasteiger partial charge is 0.255 e. The lowest BCUT2D eigenvalue weighted by Gasteiger charge is -2.42. The molecule has 2 aliphatic rings. The minimum absolute atomic E-state index is 0.118. The number of nitrogens with zero attached hydrogens (tertiary/aromatic N) is 1. The third-order valence-electron chi connectivity index (χ3n) is 7.18. The van der Waals surface area contributed by atoms with Crippen molar-refractivity contribution >= 4 is 16.9 Å². The third kappa shape index (κ3) is 3.67. The van der Waals surface area contributed by atoms with E-state index in [2.05, 4.69) is 10.2 Å². The van der Waals surface area contributed by atoms with Crippen LogP contribution in [0.15, 0.2) is 46.9 Å². The zero-order chi connectivity index (χ0) is 22.3. The molecule has 32 heavy (non-hydrogen) atoms. The Morgan fingerprint density at radius 1 is 1.22 bits per heavy atom. The number of likely N-dealkylation sites (tertiary alicyclic amines) is 1. The molecule has 0 unspecified atom stereocenters. The first kappa shape index (κ1) is 21.0. The fourth-order valence-electron chi connectivity index (χ4n) is 5.61. The molecule has 0 radical (unpaired) electrons. The van der Waals surface area contributed by atoms with Crippen LogP contribution in [0.3, 0.4) is 0 Å². The maximum Gasteiger partial charge on any atom is 0.255 e. The zero-order valence-corrected chi connectivity index (χ0v) is 18.4. The van der Waals surface area contributed by atoms with E-state index in [0.29, 0.717) is 34.1 Å². The van der Waals surface area contributed by atoms with Crippen molar-refractivity contribution < 1.29 is 19.4 Å². The van der Waals surface area contributed by atoms with Crippen LogP contribution in [0.2, 0.25) is 0 Å². The summed E-state index contributed by atoms with van der Waals surface area (Å²) in [6, 6.07) is 13.0. The molecule has 5 rings (SSSR count). The molecule has 3 N–H and O–H groups in total. The van der Waals surface area contributed by atoms with Gasteiger partial charge in [0.05, 0.1) is 11.7 Å². The second-order valence-electron chi connectivity index (χ2n) is 9.38. The normalized spacial score (nSPS) is 23.0. The van der Waals surface area contributed by atoms with Gasteiger partial charge in [-0.15, -0.1) is 0 Å². The Hall–Kier alpha value is -2.83. The number of phenols is 1. The van der Waals surface area contributed by atoms with Crippen LogP contribution in [0, 0.1) is 5.41 Å². The van der Waals surface area contributed by atoms with E-state index in [1.807, 2.05) is 30.3 Å². The summed E-state index contributed by atoms with van der Waals surface area (Å²) in [4.78, 5) is 15.4. The van der Waals surface area contributed by atoms with Crippen molar-refractivity contribution in [2.45, 2.75) is 38.2 Å². The maximum atomic E-state index is 12.9. The van der Waals surface area contributed by atoms with Crippen LogP contribution in [0.4, 0.5) is 0 Å². The van der Waals surface area contributed by atoms with Gasteiger partial charge in [-0.25, -0.2) is 0 Å². The van der Waals surface area contributed by atoms with E-state index in [1.54, 1.807) is 19.2 Å². The number of fused-ring (bicyclic) bond motifs is 1. The van der Waals surface area contributed by atoms with E-state index < -0.39 is 0 Å². The number of hydrogen-bond acceptors (Lipinski definition) is 5. The van der Waals surface area contributed by atoms with Gasteiger partial charge in [-0.05, 0) is 62.7 Å². The summed E-state index contributed by atoms with van der Waals surface area (Å²) in [6.45, 7) is 3.05. The second-order valence-corrected chi connectivity index (χ2v) is 9.38. The summed E-state index contributed by atoms with van der Waals surface area (Å²) in [6.07, 6.45) is 4.44. The molecule has 1 saturated carbocycles. The number of aromatic hydroxyl groups is 1. The quantitative estimate of drug-likeness (QED) is 0.547. The fourth-order valence-corrected chi connectivity index (χ4v) is 5.61. The van der Waals surface area contributed by atoms with Crippen LogP contribution >= 0.6 is 0 Å². The van der Waals surface area contributed by atoms with Gasteiger partial charge in [0, 0.05) is 30.1 Å². The van der Waals surface area contributed by atoms with Crippen LogP contribution in [0.5, 0.6) is 5.75 Å². The lowest BCUT2D eigenvalue weighted by Crippen LogP contribution is -2.42. The maximum absolute atomic E-state index is 12.9. The molecule has 1 saturated heterocycles. The van der Waals surface area contributed by atoms with Crippen molar-refractivity contribution in [1.29, 1.82) is 0 Å². The van der Waals surface area contributed by atoms with Crippen molar-refractivity contribution in [3.05, 3.63) is 53.6 Å². The molecule has 2 heterocycles. The summed E-state index contributed by atoms with van der Waals surface area (Å²) in [7, 11) is 1.61. The van der Waals surface area contributed by atoms with Gasteiger partial charge in [0.2, 0.25) is 0 Å². The molecular weight excluding hydrogens is 404 g/mol. The van der Waals surface area contributed by atoms with Crippen LogP contribution in [0.25, 0.3) is 22.3 Å². The molecule has 3 aromatic rings. The highest BCUT2D eigenvalue weighted by atomic mass is 16.3. The Morgan fingerprint density at radius 2 is 2.00 bits per heavy atom. The van der Waals surface area contributed by atoms with Crippen LogP contribution in [-0.4, -0.2) is 53.8 Å². The molecule has 0 bridgehead atoms. The number of phenolic OH excluding ortho intramolecular Hbond substituents is 1. The van der Waals surface area contributed by atoms with Gasteiger partial charge in [-0.1, -0.05) is 30.3 Å². The lowest BCUT2D eigenvalue weighted by atomic mass is 9.66. The van der Waals surface area contributed by atoms with Crippen LogP contribution in [0.1, 0.15) is 41.6 Å². The predicted octanol–water partition coefficient (Wildman–Crippen LogP) is 3.94. The Kier molecular flexibility index (Phi) is 5.43. The summed E-state index contributed by atoms with van der Waals surface area (Å²) in [5.41, 5.74) is 3.00. The van der Waals surface area contributed by atoms with Crippen molar-refractivity contribution in [1.82, 2.24) is 10.2 Å².